The van der Waals surface area contributed by atoms with Crippen molar-refractivity contribution in [3.8, 4) is 0 Å². The quantitative estimate of drug-likeness (QED) is 0.805. The Morgan fingerprint density at radius 1 is 1.50 bits per heavy atom. The highest BCUT2D eigenvalue weighted by molar-refractivity contribution is 5.91. The van der Waals surface area contributed by atoms with Gasteiger partial charge in [0.1, 0.15) is 0 Å². The molecule has 1 amide bonds. The Labute approximate surface area is 108 Å². The van der Waals surface area contributed by atoms with E-state index in [4.69, 9.17) is 0 Å². The summed E-state index contributed by atoms with van der Waals surface area (Å²) in [5.41, 5.74) is 2.28. The van der Waals surface area contributed by atoms with Crippen molar-refractivity contribution in [2.45, 2.75) is 19.9 Å². The third-order valence-electron chi connectivity index (χ3n) is 3.14. The number of rotatable bonds is 2. The van der Waals surface area contributed by atoms with Crippen LogP contribution in [0.5, 0.6) is 0 Å². The Balaban J connectivity index is 1.98. The molecule has 1 saturated heterocycles. The largest absolute Gasteiger partial charge is 0.336 e. The van der Waals surface area contributed by atoms with E-state index >= 15 is 0 Å². The van der Waals surface area contributed by atoms with Crippen LogP contribution in [0.1, 0.15) is 18.1 Å². The lowest BCUT2D eigenvalue weighted by Crippen LogP contribution is -2.50. The SMILES string of the molecule is Cc1cccc(C=CC(=O)N2CCNC(C)C2)c1. The van der Waals surface area contributed by atoms with Crippen molar-refractivity contribution in [3.63, 3.8) is 0 Å². The molecular formula is C15H20N2O. The van der Waals surface area contributed by atoms with Crippen molar-refractivity contribution >= 4 is 12.0 Å². The fourth-order valence-electron chi connectivity index (χ4n) is 2.18. The third-order valence-corrected chi connectivity index (χ3v) is 3.14. The normalized spacial score (nSPS) is 20.3. The first kappa shape index (κ1) is 12.8. The maximum atomic E-state index is 12.0. The molecule has 1 aromatic rings. The van der Waals surface area contributed by atoms with Gasteiger partial charge in [0, 0.05) is 31.8 Å². The summed E-state index contributed by atoms with van der Waals surface area (Å²) >= 11 is 0. The highest BCUT2D eigenvalue weighted by atomic mass is 16.2. The van der Waals surface area contributed by atoms with Gasteiger partial charge >= 0.3 is 0 Å². The average molecular weight is 244 g/mol. The van der Waals surface area contributed by atoms with E-state index in [0.29, 0.717) is 6.04 Å². The molecule has 1 aliphatic rings. The molecule has 96 valence electrons. The molecule has 2 rings (SSSR count). The van der Waals surface area contributed by atoms with Crippen LogP contribution in [0.15, 0.2) is 30.3 Å². The molecule has 1 heterocycles. The number of piperazine rings is 1. The summed E-state index contributed by atoms with van der Waals surface area (Å²) in [6.07, 6.45) is 3.56. The highest BCUT2D eigenvalue weighted by Gasteiger charge is 2.18. The van der Waals surface area contributed by atoms with E-state index in [1.807, 2.05) is 23.1 Å². The van der Waals surface area contributed by atoms with Crippen LogP contribution in [0, 0.1) is 6.92 Å². The summed E-state index contributed by atoms with van der Waals surface area (Å²) in [5.74, 6) is 0.102. The number of amides is 1. The molecule has 1 unspecified atom stereocenters. The Morgan fingerprint density at radius 3 is 3.06 bits per heavy atom. The fourth-order valence-corrected chi connectivity index (χ4v) is 2.18. The van der Waals surface area contributed by atoms with Crippen LogP contribution in [0.3, 0.4) is 0 Å². The molecule has 3 heteroatoms. The monoisotopic (exact) mass is 244 g/mol. The first-order valence-corrected chi connectivity index (χ1v) is 6.42. The standard InChI is InChI=1S/C15H20N2O/c1-12-4-3-5-14(10-12)6-7-15(18)17-9-8-16-13(2)11-17/h3-7,10,13,16H,8-9,11H2,1-2H3. The zero-order valence-corrected chi connectivity index (χ0v) is 11.0. The number of benzene rings is 1. The minimum atomic E-state index is 0.102. The molecule has 0 bridgehead atoms. The van der Waals surface area contributed by atoms with Crippen LogP contribution in [0.25, 0.3) is 6.08 Å². The minimum Gasteiger partial charge on any atom is -0.336 e. The van der Waals surface area contributed by atoms with Gasteiger partial charge in [0.2, 0.25) is 5.91 Å². The zero-order chi connectivity index (χ0) is 13.0. The second kappa shape index (κ2) is 5.83. The van der Waals surface area contributed by atoms with Gasteiger partial charge in [0.25, 0.3) is 0 Å². The smallest absolute Gasteiger partial charge is 0.246 e. The van der Waals surface area contributed by atoms with Gasteiger partial charge < -0.3 is 10.2 Å². The summed E-state index contributed by atoms with van der Waals surface area (Å²) in [6, 6.07) is 8.53. The number of hydrogen-bond donors (Lipinski definition) is 1. The van der Waals surface area contributed by atoms with Crippen molar-refractivity contribution < 1.29 is 4.79 Å². The predicted molar refractivity (Wildman–Crippen MR) is 74.3 cm³/mol. The van der Waals surface area contributed by atoms with E-state index in [1.54, 1.807) is 6.08 Å². The average Bonchev–Trinajstić information content (AvgIpc) is 2.36. The molecule has 1 atom stereocenters. The molecule has 0 radical (unpaired) electrons. The molecule has 0 saturated carbocycles. The third kappa shape index (κ3) is 3.44. The van der Waals surface area contributed by atoms with Crippen molar-refractivity contribution in [1.82, 2.24) is 10.2 Å². The number of aryl methyl sites for hydroxylation is 1. The Bertz CT molecular complexity index is 454. The van der Waals surface area contributed by atoms with Crippen LogP contribution < -0.4 is 5.32 Å². The predicted octanol–water partition coefficient (Wildman–Crippen LogP) is 1.83. The second-order valence-corrected chi connectivity index (χ2v) is 4.89. The molecular weight excluding hydrogens is 224 g/mol. The molecule has 1 fully saturated rings. The topological polar surface area (TPSA) is 32.3 Å². The van der Waals surface area contributed by atoms with Gasteiger partial charge in [0.15, 0.2) is 0 Å². The van der Waals surface area contributed by atoms with E-state index in [1.165, 1.54) is 5.56 Å². The van der Waals surface area contributed by atoms with E-state index in [0.717, 1.165) is 25.2 Å². The van der Waals surface area contributed by atoms with Gasteiger partial charge in [-0.25, -0.2) is 0 Å². The maximum absolute atomic E-state index is 12.0. The van der Waals surface area contributed by atoms with E-state index in [-0.39, 0.29) is 5.91 Å². The molecule has 1 N–H and O–H groups in total. The lowest BCUT2D eigenvalue weighted by molar-refractivity contribution is -0.127. The van der Waals surface area contributed by atoms with Gasteiger partial charge in [-0.3, -0.25) is 4.79 Å². The summed E-state index contributed by atoms with van der Waals surface area (Å²) in [4.78, 5) is 13.9. The van der Waals surface area contributed by atoms with Crippen molar-refractivity contribution in [2.24, 2.45) is 0 Å². The molecule has 0 spiro atoms. The molecule has 3 nitrogen and oxygen atoms in total. The molecule has 1 aromatic carbocycles. The molecule has 0 aliphatic carbocycles. The first-order chi connectivity index (χ1) is 8.65. The van der Waals surface area contributed by atoms with Crippen LogP contribution in [0.2, 0.25) is 0 Å². The number of carbonyl (C=O) groups is 1. The van der Waals surface area contributed by atoms with Gasteiger partial charge in [-0.05, 0) is 25.5 Å². The number of hydrogen-bond acceptors (Lipinski definition) is 2. The van der Waals surface area contributed by atoms with Crippen LogP contribution in [0.4, 0.5) is 0 Å². The van der Waals surface area contributed by atoms with Crippen molar-refractivity contribution in [3.05, 3.63) is 41.5 Å². The first-order valence-electron chi connectivity index (χ1n) is 6.42. The summed E-state index contributed by atoms with van der Waals surface area (Å²) < 4.78 is 0. The Hall–Kier alpha value is -1.61. The van der Waals surface area contributed by atoms with Crippen LogP contribution in [-0.2, 0) is 4.79 Å². The van der Waals surface area contributed by atoms with Crippen molar-refractivity contribution in [2.75, 3.05) is 19.6 Å². The highest BCUT2D eigenvalue weighted by Crippen LogP contribution is 2.07. The van der Waals surface area contributed by atoms with E-state index in [9.17, 15) is 4.79 Å². The summed E-state index contributed by atoms with van der Waals surface area (Å²) in [5, 5.41) is 3.33. The van der Waals surface area contributed by atoms with Crippen LogP contribution >= 0.6 is 0 Å². The van der Waals surface area contributed by atoms with Gasteiger partial charge in [-0.1, -0.05) is 29.8 Å². The van der Waals surface area contributed by atoms with Gasteiger partial charge in [0.05, 0.1) is 0 Å². The van der Waals surface area contributed by atoms with Crippen molar-refractivity contribution in [1.29, 1.82) is 0 Å². The maximum Gasteiger partial charge on any atom is 0.246 e. The van der Waals surface area contributed by atoms with E-state index < -0.39 is 0 Å². The fraction of sp³-hybridized carbons (Fsp3) is 0.400. The number of nitrogens with one attached hydrogen (secondary N) is 1. The minimum absolute atomic E-state index is 0.102. The van der Waals surface area contributed by atoms with E-state index in [2.05, 4.69) is 31.3 Å². The Kier molecular flexibility index (Phi) is 4.15. The Morgan fingerprint density at radius 2 is 2.33 bits per heavy atom. The zero-order valence-electron chi connectivity index (χ0n) is 11.0. The van der Waals surface area contributed by atoms with Crippen LogP contribution in [-0.4, -0.2) is 36.5 Å². The molecule has 18 heavy (non-hydrogen) atoms. The summed E-state index contributed by atoms with van der Waals surface area (Å²) in [6.45, 7) is 6.62. The molecule has 0 aromatic heterocycles. The second-order valence-electron chi connectivity index (χ2n) is 4.89. The number of carbonyl (C=O) groups excluding carboxylic acids is 1. The molecule has 1 aliphatic heterocycles. The van der Waals surface area contributed by atoms with Gasteiger partial charge in [-0.2, -0.15) is 0 Å². The lowest BCUT2D eigenvalue weighted by atomic mass is 10.1. The lowest BCUT2D eigenvalue weighted by Gasteiger charge is -2.31. The number of nitrogens with zero attached hydrogens (tertiary/aromatic N) is 1. The summed E-state index contributed by atoms with van der Waals surface area (Å²) in [7, 11) is 0. The van der Waals surface area contributed by atoms with Gasteiger partial charge in [-0.15, -0.1) is 0 Å².